The second-order valence-electron chi connectivity index (χ2n) is 4.44. The first kappa shape index (κ1) is 11.8. The van der Waals surface area contributed by atoms with Crippen LogP contribution in [0.25, 0.3) is 0 Å². The summed E-state index contributed by atoms with van der Waals surface area (Å²) in [7, 11) is 1.52. The van der Waals surface area contributed by atoms with E-state index in [1.807, 2.05) is 0 Å². The molecule has 4 heteroatoms. The first-order valence-electron chi connectivity index (χ1n) is 5.69. The summed E-state index contributed by atoms with van der Waals surface area (Å²) in [5.41, 5.74) is 0.836. The molecule has 1 aliphatic heterocycles. The molecule has 1 aromatic carbocycles. The van der Waals surface area contributed by atoms with Crippen LogP contribution >= 0.6 is 0 Å². The lowest BCUT2D eigenvalue weighted by atomic mass is 10.1. The van der Waals surface area contributed by atoms with E-state index in [2.05, 4.69) is 18.8 Å². The number of phenols is 1. The van der Waals surface area contributed by atoms with Crippen LogP contribution in [0.4, 0.5) is 0 Å². The predicted octanol–water partition coefficient (Wildman–Crippen LogP) is 2.20. The number of ether oxygens (including phenoxy) is 2. The Hall–Kier alpha value is -1.71. The maximum absolute atomic E-state index is 9.51. The van der Waals surface area contributed by atoms with Crippen LogP contribution in [-0.4, -0.2) is 30.8 Å². The van der Waals surface area contributed by atoms with E-state index in [0.29, 0.717) is 24.2 Å². The Bertz CT molecular complexity index is 440. The molecule has 0 radical (unpaired) electrons. The maximum atomic E-state index is 9.51. The van der Waals surface area contributed by atoms with Gasteiger partial charge in [0.25, 0.3) is 0 Å². The van der Waals surface area contributed by atoms with Crippen molar-refractivity contribution in [2.24, 2.45) is 10.9 Å². The zero-order valence-electron chi connectivity index (χ0n) is 10.3. The van der Waals surface area contributed by atoms with E-state index < -0.39 is 0 Å². The quantitative estimate of drug-likeness (QED) is 0.873. The molecule has 1 unspecified atom stereocenters. The zero-order chi connectivity index (χ0) is 12.4. The fraction of sp³-hybridized carbons (Fsp3) is 0.462. The lowest BCUT2D eigenvalue weighted by Crippen LogP contribution is -2.13. The van der Waals surface area contributed by atoms with E-state index in [4.69, 9.17) is 9.47 Å². The van der Waals surface area contributed by atoms with E-state index in [1.54, 1.807) is 18.2 Å². The van der Waals surface area contributed by atoms with Gasteiger partial charge in [-0.1, -0.05) is 13.8 Å². The summed E-state index contributed by atoms with van der Waals surface area (Å²) in [6.07, 6.45) is 0. The average molecular weight is 235 g/mol. The minimum Gasteiger partial charge on any atom is -0.504 e. The third-order valence-corrected chi connectivity index (χ3v) is 2.87. The first-order valence-corrected chi connectivity index (χ1v) is 5.69. The largest absolute Gasteiger partial charge is 0.504 e. The number of aliphatic imine (C=N–C) groups is 1. The summed E-state index contributed by atoms with van der Waals surface area (Å²) < 4.78 is 10.6. The topological polar surface area (TPSA) is 51.0 Å². The molecule has 0 aromatic heterocycles. The molecule has 1 aromatic rings. The van der Waals surface area contributed by atoms with Gasteiger partial charge in [-0.15, -0.1) is 0 Å². The fourth-order valence-corrected chi connectivity index (χ4v) is 1.70. The second-order valence-corrected chi connectivity index (χ2v) is 4.44. The fourth-order valence-electron chi connectivity index (χ4n) is 1.70. The van der Waals surface area contributed by atoms with Crippen molar-refractivity contribution in [3.63, 3.8) is 0 Å². The Kier molecular flexibility index (Phi) is 3.22. The van der Waals surface area contributed by atoms with Gasteiger partial charge in [-0.25, -0.2) is 4.99 Å². The number of aromatic hydroxyl groups is 1. The van der Waals surface area contributed by atoms with Crippen molar-refractivity contribution in [2.75, 3.05) is 13.7 Å². The van der Waals surface area contributed by atoms with Crippen LogP contribution in [0.2, 0.25) is 0 Å². The van der Waals surface area contributed by atoms with Crippen LogP contribution in [0, 0.1) is 5.92 Å². The number of hydrogen-bond donors (Lipinski definition) is 1. The van der Waals surface area contributed by atoms with Crippen LogP contribution in [0.15, 0.2) is 23.2 Å². The standard InChI is InChI=1S/C13H17NO3/c1-8(2)10-7-17-13(14-10)9-4-5-11(15)12(6-9)16-3/h4-6,8,10,15H,7H2,1-3H3. The SMILES string of the molecule is COc1cc(C2=NC(C(C)C)CO2)ccc1O. The molecule has 0 fully saturated rings. The zero-order valence-corrected chi connectivity index (χ0v) is 10.3. The van der Waals surface area contributed by atoms with Gasteiger partial charge in [0.2, 0.25) is 5.90 Å². The summed E-state index contributed by atoms with van der Waals surface area (Å²) >= 11 is 0. The monoisotopic (exact) mass is 235 g/mol. The third kappa shape index (κ3) is 2.35. The van der Waals surface area contributed by atoms with Gasteiger partial charge in [0.05, 0.1) is 13.2 Å². The number of rotatable bonds is 3. The molecule has 92 valence electrons. The summed E-state index contributed by atoms with van der Waals surface area (Å²) in [5, 5.41) is 9.51. The average Bonchev–Trinajstić information content (AvgIpc) is 2.79. The van der Waals surface area contributed by atoms with Crippen molar-refractivity contribution in [3.8, 4) is 11.5 Å². The van der Waals surface area contributed by atoms with Crippen molar-refractivity contribution >= 4 is 5.90 Å². The lowest BCUT2D eigenvalue weighted by molar-refractivity contribution is 0.291. The summed E-state index contributed by atoms with van der Waals surface area (Å²) in [6, 6.07) is 5.31. The Morgan fingerprint density at radius 3 is 2.82 bits per heavy atom. The van der Waals surface area contributed by atoms with Gasteiger partial charge in [-0.2, -0.15) is 0 Å². The Balaban J connectivity index is 2.27. The Morgan fingerprint density at radius 2 is 2.24 bits per heavy atom. The minimum absolute atomic E-state index is 0.121. The molecular weight excluding hydrogens is 218 g/mol. The summed E-state index contributed by atoms with van der Waals surface area (Å²) in [4.78, 5) is 4.52. The highest BCUT2D eigenvalue weighted by Crippen LogP contribution is 2.28. The van der Waals surface area contributed by atoms with Crippen molar-refractivity contribution in [1.29, 1.82) is 0 Å². The molecule has 0 spiro atoms. The molecule has 0 bridgehead atoms. The van der Waals surface area contributed by atoms with Crippen LogP contribution in [0.1, 0.15) is 19.4 Å². The number of phenolic OH excluding ortho intramolecular Hbond substituents is 1. The molecule has 0 saturated carbocycles. The molecule has 0 aliphatic carbocycles. The predicted molar refractivity (Wildman–Crippen MR) is 65.8 cm³/mol. The van der Waals surface area contributed by atoms with Gasteiger partial charge < -0.3 is 14.6 Å². The van der Waals surface area contributed by atoms with E-state index in [-0.39, 0.29) is 11.8 Å². The molecular formula is C13H17NO3. The minimum atomic E-state index is 0.121. The molecule has 1 heterocycles. The van der Waals surface area contributed by atoms with Gasteiger partial charge in [-0.3, -0.25) is 0 Å². The number of benzene rings is 1. The summed E-state index contributed by atoms with van der Waals surface area (Å²) in [6.45, 7) is 4.87. The third-order valence-electron chi connectivity index (χ3n) is 2.87. The van der Waals surface area contributed by atoms with Gasteiger partial charge in [0.1, 0.15) is 6.61 Å². The molecule has 17 heavy (non-hydrogen) atoms. The lowest BCUT2D eigenvalue weighted by Gasteiger charge is -2.06. The second kappa shape index (κ2) is 4.65. The van der Waals surface area contributed by atoms with Gasteiger partial charge in [0, 0.05) is 5.56 Å². The van der Waals surface area contributed by atoms with Gasteiger partial charge >= 0.3 is 0 Å². The van der Waals surface area contributed by atoms with Crippen molar-refractivity contribution < 1.29 is 14.6 Å². The van der Waals surface area contributed by atoms with E-state index in [9.17, 15) is 5.11 Å². The van der Waals surface area contributed by atoms with Crippen molar-refractivity contribution in [1.82, 2.24) is 0 Å². The van der Waals surface area contributed by atoms with E-state index in [0.717, 1.165) is 5.56 Å². The smallest absolute Gasteiger partial charge is 0.216 e. The highest BCUT2D eigenvalue weighted by Gasteiger charge is 2.23. The molecule has 1 N–H and O–H groups in total. The number of hydrogen-bond acceptors (Lipinski definition) is 4. The van der Waals surface area contributed by atoms with Crippen molar-refractivity contribution in [2.45, 2.75) is 19.9 Å². The first-order chi connectivity index (χ1) is 8.11. The van der Waals surface area contributed by atoms with Crippen LogP contribution < -0.4 is 4.74 Å². The number of methoxy groups -OCH3 is 1. The number of nitrogens with zero attached hydrogens (tertiary/aromatic N) is 1. The van der Waals surface area contributed by atoms with Crippen LogP contribution in [-0.2, 0) is 4.74 Å². The van der Waals surface area contributed by atoms with Crippen molar-refractivity contribution in [3.05, 3.63) is 23.8 Å². The Labute approximate surface area is 101 Å². The molecule has 1 atom stereocenters. The van der Waals surface area contributed by atoms with E-state index >= 15 is 0 Å². The van der Waals surface area contributed by atoms with Crippen LogP contribution in [0.5, 0.6) is 11.5 Å². The normalized spacial score (nSPS) is 19.1. The maximum Gasteiger partial charge on any atom is 0.216 e. The van der Waals surface area contributed by atoms with E-state index in [1.165, 1.54) is 7.11 Å². The highest BCUT2D eigenvalue weighted by molar-refractivity contribution is 5.95. The van der Waals surface area contributed by atoms with Gasteiger partial charge in [-0.05, 0) is 24.1 Å². The molecule has 0 saturated heterocycles. The molecule has 0 amide bonds. The van der Waals surface area contributed by atoms with Crippen LogP contribution in [0.3, 0.4) is 0 Å². The molecule has 1 aliphatic rings. The summed E-state index contributed by atoms with van der Waals surface area (Å²) in [5.74, 6) is 1.64. The molecule has 4 nitrogen and oxygen atoms in total. The van der Waals surface area contributed by atoms with Gasteiger partial charge in [0.15, 0.2) is 11.5 Å². The Morgan fingerprint density at radius 1 is 1.47 bits per heavy atom. The highest BCUT2D eigenvalue weighted by atomic mass is 16.5. The molecule has 2 rings (SSSR count).